The maximum atomic E-state index is 12.3. The van der Waals surface area contributed by atoms with Crippen LogP contribution in [0.3, 0.4) is 0 Å². The van der Waals surface area contributed by atoms with Crippen molar-refractivity contribution >= 4 is 25.8 Å². The average Bonchev–Trinajstić information content (AvgIpc) is 2.46. The lowest BCUT2D eigenvalue weighted by molar-refractivity contribution is 0.209. The highest BCUT2D eigenvalue weighted by molar-refractivity contribution is 9.10. The van der Waals surface area contributed by atoms with Crippen LogP contribution in [0.1, 0.15) is 12.8 Å². The van der Waals surface area contributed by atoms with Gasteiger partial charge in [-0.25, -0.2) is 8.42 Å². The fraction of sp³-hybridized carbons (Fsp3) is 0.571. The van der Waals surface area contributed by atoms with E-state index in [1.165, 1.54) is 0 Å². The first kappa shape index (κ1) is 15.9. The summed E-state index contributed by atoms with van der Waals surface area (Å²) in [4.78, 5) is 2.58. The number of sulfone groups is 1. The van der Waals surface area contributed by atoms with Crippen LogP contribution in [0.2, 0.25) is 0 Å². The first-order valence-corrected chi connectivity index (χ1v) is 9.33. The number of benzene rings is 1. The van der Waals surface area contributed by atoms with Crippen LogP contribution in [0.15, 0.2) is 33.6 Å². The molecule has 0 radical (unpaired) electrons. The molecule has 4 nitrogen and oxygen atoms in total. The second kappa shape index (κ2) is 7.02. The fourth-order valence-electron chi connectivity index (χ4n) is 2.45. The van der Waals surface area contributed by atoms with Crippen molar-refractivity contribution in [3.8, 4) is 0 Å². The van der Waals surface area contributed by atoms with E-state index < -0.39 is 9.84 Å². The molecule has 20 heavy (non-hydrogen) atoms. The van der Waals surface area contributed by atoms with Gasteiger partial charge in [0.05, 0.1) is 10.6 Å². The molecule has 1 aromatic carbocycles. The van der Waals surface area contributed by atoms with E-state index in [9.17, 15) is 8.42 Å². The SMILES string of the molecule is CN(CCS(=O)(=O)c1ccc(Br)cc1)C1CCNCC1. The van der Waals surface area contributed by atoms with Gasteiger partial charge in [-0.2, -0.15) is 0 Å². The Morgan fingerprint density at radius 3 is 2.45 bits per heavy atom. The van der Waals surface area contributed by atoms with Crippen molar-refractivity contribution in [1.29, 1.82) is 0 Å². The smallest absolute Gasteiger partial charge is 0.179 e. The van der Waals surface area contributed by atoms with Crippen LogP contribution in [0, 0.1) is 0 Å². The highest BCUT2D eigenvalue weighted by atomic mass is 79.9. The third-order valence-electron chi connectivity index (χ3n) is 3.82. The summed E-state index contributed by atoms with van der Waals surface area (Å²) in [6.45, 7) is 2.63. The van der Waals surface area contributed by atoms with Crippen LogP contribution in [0.25, 0.3) is 0 Å². The third kappa shape index (κ3) is 4.28. The lowest BCUT2D eigenvalue weighted by Crippen LogP contribution is -2.42. The molecule has 0 unspecified atom stereocenters. The van der Waals surface area contributed by atoms with Crippen molar-refractivity contribution < 1.29 is 8.42 Å². The molecule has 1 aromatic rings. The predicted molar refractivity (Wildman–Crippen MR) is 84.7 cm³/mol. The van der Waals surface area contributed by atoms with E-state index in [-0.39, 0.29) is 5.75 Å². The van der Waals surface area contributed by atoms with Crippen LogP contribution < -0.4 is 5.32 Å². The number of rotatable bonds is 5. The summed E-state index contributed by atoms with van der Waals surface area (Å²) in [5.41, 5.74) is 0. The predicted octanol–water partition coefficient (Wildman–Crippen LogP) is 1.91. The monoisotopic (exact) mass is 360 g/mol. The van der Waals surface area contributed by atoms with E-state index in [1.54, 1.807) is 24.3 Å². The second-order valence-corrected chi connectivity index (χ2v) is 8.26. The Balaban J connectivity index is 1.93. The molecule has 0 aliphatic carbocycles. The highest BCUT2D eigenvalue weighted by Crippen LogP contribution is 2.17. The maximum absolute atomic E-state index is 12.3. The van der Waals surface area contributed by atoms with Gasteiger partial charge < -0.3 is 10.2 Å². The normalized spacial score (nSPS) is 17.6. The van der Waals surface area contributed by atoms with Crippen LogP contribution in [0.5, 0.6) is 0 Å². The van der Waals surface area contributed by atoms with Crippen molar-refractivity contribution in [2.24, 2.45) is 0 Å². The summed E-state index contributed by atoms with van der Waals surface area (Å²) in [6, 6.07) is 7.34. The van der Waals surface area contributed by atoms with E-state index in [1.807, 2.05) is 7.05 Å². The Bertz CT molecular complexity index is 525. The molecule has 1 saturated heterocycles. The molecule has 0 aromatic heterocycles. The number of nitrogens with zero attached hydrogens (tertiary/aromatic N) is 1. The van der Waals surface area contributed by atoms with Crippen molar-refractivity contribution in [3.63, 3.8) is 0 Å². The molecule has 2 rings (SSSR count). The molecule has 0 saturated carbocycles. The van der Waals surface area contributed by atoms with Crippen LogP contribution in [-0.4, -0.2) is 51.8 Å². The first-order chi connectivity index (χ1) is 9.49. The molecule has 112 valence electrons. The number of hydrogen-bond acceptors (Lipinski definition) is 4. The van der Waals surface area contributed by atoms with Crippen LogP contribution >= 0.6 is 15.9 Å². The Morgan fingerprint density at radius 1 is 1.25 bits per heavy atom. The van der Waals surface area contributed by atoms with Gasteiger partial charge in [0, 0.05) is 17.1 Å². The Labute approximate surface area is 129 Å². The number of piperidine rings is 1. The summed E-state index contributed by atoms with van der Waals surface area (Å²) < 4.78 is 25.4. The summed E-state index contributed by atoms with van der Waals surface area (Å²) in [5.74, 6) is 0.176. The molecular formula is C14H21BrN2O2S. The molecule has 1 fully saturated rings. The molecule has 0 bridgehead atoms. The second-order valence-electron chi connectivity index (χ2n) is 5.23. The zero-order valence-corrected chi connectivity index (χ0v) is 14.1. The van der Waals surface area contributed by atoms with Crippen molar-refractivity contribution in [1.82, 2.24) is 10.2 Å². The van der Waals surface area contributed by atoms with Crippen molar-refractivity contribution in [2.45, 2.75) is 23.8 Å². The minimum atomic E-state index is -3.19. The largest absolute Gasteiger partial charge is 0.317 e. The molecular weight excluding hydrogens is 340 g/mol. The summed E-state index contributed by atoms with van der Waals surface area (Å²) in [5, 5.41) is 3.32. The van der Waals surface area contributed by atoms with Gasteiger partial charge in [-0.3, -0.25) is 0 Å². The van der Waals surface area contributed by atoms with Gasteiger partial charge in [-0.05, 0) is 57.2 Å². The van der Waals surface area contributed by atoms with E-state index in [2.05, 4.69) is 26.1 Å². The van der Waals surface area contributed by atoms with E-state index in [0.29, 0.717) is 17.5 Å². The van der Waals surface area contributed by atoms with Gasteiger partial charge in [0.2, 0.25) is 0 Å². The topological polar surface area (TPSA) is 49.4 Å². The summed E-state index contributed by atoms with van der Waals surface area (Å²) in [6.07, 6.45) is 2.18. The minimum absolute atomic E-state index is 0.176. The standard InChI is InChI=1S/C14H21BrN2O2S/c1-17(13-6-8-16-9-7-13)10-11-20(18,19)14-4-2-12(15)3-5-14/h2-5,13,16H,6-11H2,1H3. The minimum Gasteiger partial charge on any atom is -0.317 e. The number of halogens is 1. The number of nitrogens with one attached hydrogen (secondary N) is 1. The van der Waals surface area contributed by atoms with E-state index >= 15 is 0 Å². The Hall–Kier alpha value is -0.430. The van der Waals surface area contributed by atoms with Gasteiger partial charge in [-0.15, -0.1) is 0 Å². The molecule has 1 aliphatic heterocycles. The van der Waals surface area contributed by atoms with Crippen LogP contribution in [-0.2, 0) is 9.84 Å². The van der Waals surface area contributed by atoms with Gasteiger partial charge >= 0.3 is 0 Å². The first-order valence-electron chi connectivity index (χ1n) is 6.88. The van der Waals surface area contributed by atoms with Gasteiger partial charge in [0.25, 0.3) is 0 Å². The Kier molecular flexibility index (Phi) is 5.60. The van der Waals surface area contributed by atoms with E-state index in [0.717, 1.165) is 30.4 Å². The molecule has 1 N–H and O–H groups in total. The van der Waals surface area contributed by atoms with E-state index in [4.69, 9.17) is 0 Å². The highest BCUT2D eigenvalue weighted by Gasteiger charge is 2.20. The quantitative estimate of drug-likeness (QED) is 0.871. The molecule has 1 heterocycles. The Morgan fingerprint density at radius 2 is 1.85 bits per heavy atom. The van der Waals surface area contributed by atoms with Gasteiger partial charge in [-0.1, -0.05) is 15.9 Å². The third-order valence-corrected chi connectivity index (χ3v) is 6.06. The molecule has 1 aliphatic rings. The zero-order chi connectivity index (χ0) is 14.6. The number of hydrogen-bond donors (Lipinski definition) is 1. The summed E-state index contributed by atoms with van der Waals surface area (Å²) >= 11 is 3.32. The van der Waals surface area contributed by atoms with Crippen LogP contribution in [0.4, 0.5) is 0 Å². The average molecular weight is 361 g/mol. The lowest BCUT2D eigenvalue weighted by atomic mass is 10.1. The van der Waals surface area contributed by atoms with Crippen molar-refractivity contribution in [3.05, 3.63) is 28.7 Å². The maximum Gasteiger partial charge on any atom is 0.179 e. The molecule has 0 atom stereocenters. The molecule has 6 heteroatoms. The van der Waals surface area contributed by atoms with Gasteiger partial charge in [0.15, 0.2) is 9.84 Å². The lowest BCUT2D eigenvalue weighted by Gasteiger charge is -2.31. The fourth-order valence-corrected chi connectivity index (χ4v) is 4.03. The van der Waals surface area contributed by atoms with Gasteiger partial charge in [0.1, 0.15) is 0 Å². The van der Waals surface area contributed by atoms with Crippen molar-refractivity contribution in [2.75, 3.05) is 32.4 Å². The zero-order valence-electron chi connectivity index (χ0n) is 11.7. The molecule has 0 amide bonds. The summed E-state index contributed by atoms with van der Waals surface area (Å²) in [7, 11) is -1.17. The molecule has 0 spiro atoms.